The SMILES string of the molecule is O=C(Nc1ccc(F)cc1F)[C@H]1CCC(=O)N1Cc1cccs1. The van der Waals surface area contributed by atoms with E-state index >= 15 is 0 Å². The van der Waals surface area contributed by atoms with Crippen LogP contribution < -0.4 is 5.32 Å². The van der Waals surface area contributed by atoms with Gasteiger partial charge in [0.25, 0.3) is 0 Å². The maximum atomic E-state index is 13.6. The molecule has 1 aliphatic heterocycles. The van der Waals surface area contributed by atoms with Gasteiger partial charge in [-0.3, -0.25) is 9.59 Å². The number of amides is 2. The number of nitrogens with one attached hydrogen (secondary N) is 1. The number of hydrogen-bond acceptors (Lipinski definition) is 3. The second kappa shape index (κ2) is 6.45. The highest BCUT2D eigenvalue weighted by Crippen LogP contribution is 2.25. The number of carbonyl (C=O) groups is 2. The summed E-state index contributed by atoms with van der Waals surface area (Å²) < 4.78 is 26.5. The molecule has 0 saturated carbocycles. The van der Waals surface area contributed by atoms with E-state index in [4.69, 9.17) is 0 Å². The predicted molar refractivity (Wildman–Crippen MR) is 82.9 cm³/mol. The molecule has 1 saturated heterocycles. The minimum atomic E-state index is -0.840. The first kappa shape index (κ1) is 15.6. The maximum Gasteiger partial charge on any atom is 0.247 e. The summed E-state index contributed by atoms with van der Waals surface area (Å²) in [5.41, 5.74) is -0.0909. The van der Waals surface area contributed by atoms with E-state index in [0.717, 1.165) is 10.9 Å². The van der Waals surface area contributed by atoms with Crippen LogP contribution >= 0.6 is 11.3 Å². The van der Waals surface area contributed by atoms with Gasteiger partial charge in [-0.05, 0) is 30.0 Å². The van der Waals surface area contributed by atoms with Crippen molar-refractivity contribution in [1.29, 1.82) is 0 Å². The van der Waals surface area contributed by atoms with Crippen LogP contribution in [0, 0.1) is 11.6 Å². The number of likely N-dealkylation sites (tertiary alicyclic amines) is 1. The number of thiophene rings is 1. The molecule has 7 heteroatoms. The quantitative estimate of drug-likeness (QED) is 0.932. The van der Waals surface area contributed by atoms with Crippen LogP contribution in [-0.4, -0.2) is 22.8 Å². The highest BCUT2D eigenvalue weighted by molar-refractivity contribution is 7.09. The Kier molecular flexibility index (Phi) is 4.38. The zero-order valence-electron chi connectivity index (χ0n) is 12.1. The van der Waals surface area contributed by atoms with Crippen molar-refractivity contribution in [3.05, 3.63) is 52.2 Å². The lowest BCUT2D eigenvalue weighted by atomic mass is 10.2. The van der Waals surface area contributed by atoms with Crippen LogP contribution in [0.2, 0.25) is 0 Å². The van der Waals surface area contributed by atoms with Crippen molar-refractivity contribution in [2.24, 2.45) is 0 Å². The van der Waals surface area contributed by atoms with Crippen molar-refractivity contribution in [2.45, 2.75) is 25.4 Å². The molecular formula is C16H14F2N2O2S. The fraction of sp³-hybridized carbons (Fsp3) is 0.250. The normalized spacial score (nSPS) is 17.6. The Morgan fingerprint density at radius 2 is 2.17 bits per heavy atom. The summed E-state index contributed by atoms with van der Waals surface area (Å²) in [6, 6.07) is 6.08. The smallest absolute Gasteiger partial charge is 0.247 e. The third-order valence-electron chi connectivity index (χ3n) is 3.73. The fourth-order valence-electron chi connectivity index (χ4n) is 2.58. The highest BCUT2D eigenvalue weighted by atomic mass is 32.1. The van der Waals surface area contributed by atoms with E-state index in [-0.39, 0.29) is 18.0 Å². The second-order valence-corrected chi connectivity index (χ2v) is 6.30. The van der Waals surface area contributed by atoms with E-state index in [1.54, 1.807) is 0 Å². The van der Waals surface area contributed by atoms with Crippen LogP contribution in [0.25, 0.3) is 0 Å². The van der Waals surface area contributed by atoms with Gasteiger partial charge < -0.3 is 10.2 Å². The van der Waals surface area contributed by atoms with Crippen molar-refractivity contribution in [3.63, 3.8) is 0 Å². The first-order valence-corrected chi connectivity index (χ1v) is 8.00. The first-order valence-electron chi connectivity index (χ1n) is 7.12. The fourth-order valence-corrected chi connectivity index (χ4v) is 3.28. The van der Waals surface area contributed by atoms with Gasteiger partial charge in [0.2, 0.25) is 11.8 Å². The van der Waals surface area contributed by atoms with Crippen molar-refractivity contribution >= 4 is 28.8 Å². The van der Waals surface area contributed by atoms with Gasteiger partial charge in [0.1, 0.15) is 17.7 Å². The first-order chi connectivity index (χ1) is 11.0. The summed E-state index contributed by atoms with van der Waals surface area (Å²) in [5.74, 6) is -2.11. The second-order valence-electron chi connectivity index (χ2n) is 5.27. The molecule has 2 heterocycles. The molecule has 1 atom stereocenters. The molecule has 1 aromatic heterocycles. The third-order valence-corrected chi connectivity index (χ3v) is 4.59. The van der Waals surface area contributed by atoms with Crippen LogP contribution in [0.15, 0.2) is 35.7 Å². The number of benzene rings is 1. The standard InChI is InChI=1S/C16H14F2N2O2S/c17-10-3-4-13(12(18)8-10)19-16(22)14-5-6-15(21)20(14)9-11-2-1-7-23-11/h1-4,7-8,14H,5-6,9H2,(H,19,22)/t14-/m1/s1. The van der Waals surface area contributed by atoms with E-state index in [1.165, 1.54) is 22.3 Å². The maximum absolute atomic E-state index is 13.6. The number of carbonyl (C=O) groups excluding carboxylic acids is 2. The van der Waals surface area contributed by atoms with E-state index in [9.17, 15) is 18.4 Å². The molecule has 0 radical (unpaired) electrons. The molecule has 0 aliphatic carbocycles. The Morgan fingerprint density at radius 1 is 1.35 bits per heavy atom. The van der Waals surface area contributed by atoms with Crippen molar-refractivity contribution in [3.8, 4) is 0 Å². The van der Waals surface area contributed by atoms with Crippen LogP contribution in [0.5, 0.6) is 0 Å². The van der Waals surface area contributed by atoms with Gasteiger partial charge in [-0.2, -0.15) is 0 Å². The lowest BCUT2D eigenvalue weighted by Crippen LogP contribution is -2.41. The van der Waals surface area contributed by atoms with Gasteiger partial charge in [0.05, 0.1) is 12.2 Å². The minimum Gasteiger partial charge on any atom is -0.326 e. The van der Waals surface area contributed by atoms with Crippen LogP contribution in [0.3, 0.4) is 0 Å². The molecule has 2 aromatic rings. The molecule has 0 unspecified atom stereocenters. The average Bonchev–Trinajstić information content (AvgIpc) is 3.13. The van der Waals surface area contributed by atoms with Gasteiger partial charge in [-0.25, -0.2) is 8.78 Å². The zero-order valence-corrected chi connectivity index (χ0v) is 12.9. The minimum absolute atomic E-state index is 0.0909. The van der Waals surface area contributed by atoms with Crippen molar-refractivity contribution in [2.75, 3.05) is 5.32 Å². The van der Waals surface area contributed by atoms with Crippen LogP contribution in [0.1, 0.15) is 17.7 Å². The molecule has 23 heavy (non-hydrogen) atoms. The van der Waals surface area contributed by atoms with E-state index < -0.39 is 23.6 Å². The lowest BCUT2D eigenvalue weighted by Gasteiger charge is -2.23. The molecule has 120 valence electrons. The Morgan fingerprint density at radius 3 is 2.87 bits per heavy atom. The Labute approximate surface area is 135 Å². The molecule has 2 amide bonds. The van der Waals surface area contributed by atoms with Crippen molar-refractivity contribution < 1.29 is 18.4 Å². The molecule has 1 aliphatic rings. The van der Waals surface area contributed by atoms with E-state index in [0.29, 0.717) is 19.0 Å². The summed E-state index contributed by atoms with van der Waals surface area (Å²) in [7, 11) is 0. The molecule has 1 aromatic carbocycles. The molecule has 4 nitrogen and oxygen atoms in total. The topological polar surface area (TPSA) is 49.4 Å². The number of anilines is 1. The Bertz CT molecular complexity index is 734. The number of nitrogens with zero attached hydrogens (tertiary/aromatic N) is 1. The summed E-state index contributed by atoms with van der Waals surface area (Å²) in [6.45, 7) is 0.362. The van der Waals surface area contributed by atoms with E-state index in [2.05, 4.69) is 5.32 Å². The molecule has 0 bridgehead atoms. The average molecular weight is 336 g/mol. The predicted octanol–water partition coefficient (Wildman–Crippen LogP) is 3.16. The molecular weight excluding hydrogens is 322 g/mol. The van der Waals surface area contributed by atoms with Gasteiger partial charge in [-0.1, -0.05) is 6.07 Å². The van der Waals surface area contributed by atoms with Gasteiger partial charge in [-0.15, -0.1) is 11.3 Å². The number of rotatable bonds is 4. The van der Waals surface area contributed by atoms with Crippen LogP contribution in [-0.2, 0) is 16.1 Å². The summed E-state index contributed by atoms with van der Waals surface area (Å²) >= 11 is 1.51. The van der Waals surface area contributed by atoms with Crippen LogP contribution in [0.4, 0.5) is 14.5 Å². The largest absolute Gasteiger partial charge is 0.326 e. The number of halogens is 2. The molecule has 0 spiro atoms. The van der Waals surface area contributed by atoms with Gasteiger partial charge >= 0.3 is 0 Å². The summed E-state index contributed by atoms with van der Waals surface area (Å²) in [6.07, 6.45) is 0.675. The Balaban J connectivity index is 1.73. The summed E-state index contributed by atoms with van der Waals surface area (Å²) in [4.78, 5) is 26.9. The third kappa shape index (κ3) is 3.39. The molecule has 1 N–H and O–H groups in total. The highest BCUT2D eigenvalue weighted by Gasteiger charge is 2.36. The summed E-state index contributed by atoms with van der Waals surface area (Å²) in [5, 5.41) is 4.34. The van der Waals surface area contributed by atoms with E-state index in [1.807, 2.05) is 17.5 Å². The molecule has 3 rings (SSSR count). The van der Waals surface area contributed by atoms with Crippen molar-refractivity contribution in [1.82, 2.24) is 4.90 Å². The van der Waals surface area contributed by atoms with Gasteiger partial charge in [0, 0.05) is 17.4 Å². The lowest BCUT2D eigenvalue weighted by molar-refractivity contribution is -0.133. The zero-order chi connectivity index (χ0) is 16.4. The molecule has 1 fully saturated rings. The Hall–Kier alpha value is -2.28. The number of hydrogen-bond donors (Lipinski definition) is 1. The van der Waals surface area contributed by atoms with Gasteiger partial charge in [0.15, 0.2) is 0 Å². The monoisotopic (exact) mass is 336 g/mol.